The van der Waals surface area contributed by atoms with Gasteiger partial charge >= 0.3 is 0 Å². The van der Waals surface area contributed by atoms with Gasteiger partial charge in [0.05, 0.1) is 12.6 Å². The van der Waals surface area contributed by atoms with Crippen molar-refractivity contribution in [2.45, 2.75) is 77.2 Å². The van der Waals surface area contributed by atoms with Crippen LogP contribution in [0.1, 0.15) is 89.0 Å². The summed E-state index contributed by atoms with van der Waals surface area (Å²) in [4.78, 5) is 31.5. The maximum Gasteiger partial charge on any atom is 0.236 e. The van der Waals surface area contributed by atoms with E-state index >= 15 is 0 Å². The predicted octanol–water partition coefficient (Wildman–Crippen LogP) is 3.22. The van der Waals surface area contributed by atoms with Gasteiger partial charge in [0.15, 0.2) is 0 Å². The summed E-state index contributed by atoms with van der Waals surface area (Å²) >= 11 is 0. The molecule has 2 amide bonds. The Kier molecular flexibility index (Phi) is 6.89. The molecule has 0 bridgehead atoms. The molecule has 1 aliphatic carbocycles. The van der Waals surface area contributed by atoms with Crippen molar-refractivity contribution >= 4 is 11.8 Å². The standard InChI is InChI=1S/C24H39N5O3/c1-17(2)21-25-26-22(32-21)19-14-24(16-29(19)15-20(30)27(3)4)10-12-28(13-11-24)23(31)18-8-6-5-7-9-18/h17-19H,5-16H2,1-4H3. The third-order valence-corrected chi connectivity index (χ3v) is 7.77. The minimum atomic E-state index is -0.0421. The SMILES string of the molecule is CC(C)c1nnc(C2CC3(CCN(C(=O)C4CCCCC4)CC3)CN2CC(=O)N(C)C)o1. The number of hydrogen-bond acceptors (Lipinski definition) is 6. The zero-order valence-electron chi connectivity index (χ0n) is 20.2. The summed E-state index contributed by atoms with van der Waals surface area (Å²) in [6.07, 6.45) is 8.60. The van der Waals surface area contributed by atoms with Crippen LogP contribution < -0.4 is 0 Å². The maximum atomic E-state index is 13.0. The van der Waals surface area contributed by atoms with Crippen molar-refractivity contribution < 1.29 is 14.0 Å². The average molecular weight is 446 g/mol. The zero-order valence-corrected chi connectivity index (χ0v) is 20.2. The Labute approximate surface area is 191 Å². The van der Waals surface area contributed by atoms with Gasteiger partial charge in [0.25, 0.3) is 0 Å². The molecule has 8 nitrogen and oxygen atoms in total. The quantitative estimate of drug-likeness (QED) is 0.692. The molecular formula is C24H39N5O3. The van der Waals surface area contributed by atoms with Crippen molar-refractivity contribution in [3.63, 3.8) is 0 Å². The fraction of sp³-hybridized carbons (Fsp3) is 0.833. The Morgan fingerprint density at radius 2 is 1.81 bits per heavy atom. The molecule has 2 aliphatic heterocycles. The number of piperidine rings is 1. The molecule has 0 N–H and O–H groups in total. The number of nitrogens with zero attached hydrogens (tertiary/aromatic N) is 5. The van der Waals surface area contributed by atoms with E-state index in [1.165, 1.54) is 19.3 Å². The van der Waals surface area contributed by atoms with Gasteiger partial charge in [0, 0.05) is 45.6 Å². The molecule has 3 heterocycles. The van der Waals surface area contributed by atoms with Gasteiger partial charge in [-0.15, -0.1) is 10.2 Å². The van der Waals surface area contributed by atoms with E-state index in [4.69, 9.17) is 4.42 Å². The summed E-state index contributed by atoms with van der Waals surface area (Å²) in [5.74, 6) is 2.13. The Morgan fingerprint density at radius 1 is 1.12 bits per heavy atom. The lowest BCUT2D eigenvalue weighted by Crippen LogP contribution is -2.47. The van der Waals surface area contributed by atoms with Gasteiger partial charge in [-0.25, -0.2) is 0 Å². The topological polar surface area (TPSA) is 82.8 Å². The molecule has 2 saturated heterocycles. The first-order valence-electron chi connectivity index (χ1n) is 12.3. The van der Waals surface area contributed by atoms with Crippen molar-refractivity contribution in [2.24, 2.45) is 11.3 Å². The van der Waals surface area contributed by atoms with Gasteiger partial charge < -0.3 is 14.2 Å². The number of rotatable bonds is 5. The normalized spacial score (nSPS) is 24.4. The Balaban J connectivity index is 1.46. The highest BCUT2D eigenvalue weighted by Crippen LogP contribution is 2.49. The Morgan fingerprint density at radius 3 is 2.41 bits per heavy atom. The first-order chi connectivity index (χ1) is 15.3. The molecule has 8 heteroatoms. The molecular weight excluding hydrogens is 406 g/mol. The first-order valence-corrected chi connectivity index (χ1v) is 12.3. The van der Waals surface area contributed by atoms with E-state index in [0.717, 1.165) is 51.7 Å². The monoisotopic (exact) mass is 445 g/mol. The Hall–Kier alpha value is -1.96. The van der Waals surface area contributed by atoms with E-state index in [0.29, 0.717) is 24.2 Å². The first kappa shape index (κ1) is 23.2. The van der Waals surface area contributed by atoms with E-state index in [2.05, 4.69) is 20.0 Å². The van der Waals surface area contributed by atoms with Crippen LogP contribution in [0.25, 0.3) is 0 Å². The molecule has 1 saturated carbocycles. The van der Waals surface area contributed by atoms with E-state index in [-0.39, 0.29) is 29.2 Å². The van der Waals surface area contributed by atoms with Gasteiger partial charge in [-0.05, 0) is 37.5 Å². The largest absolute Gasteiger partial charge is 0.423 e. The van der Waals surface area contributed by atoms with Gasteiger partial charge in [-0.1, -0.05) is 33.1 Å². The van der Waals surface area contributed by atoms with E-state index in [9.17, 15) is 9.59 Å². The highest BCUT2D eigenvalue weighted by Gasteiger charge is 2.49. The smallest absolute Gasteiger partial charge is 0.236 e. The molecule has 0 radical (unpaired) electrons. The van der Waals surface area contributed by atoms with Crippen LogP contribution in [0.15, 0.2) is 4.42 Å². The fourth-order valence-electron chi connectivity index (χ4n) is 5.66. The summed E-state index contributed by atoms with van der Waals surface area (Å²) in [6, 6.07) is -0.0421. The van der Waals surface area contributed by atoms with Crippen LogP contribution >= 0.6 is 0 Å². The number of likely N-dealkylation sites (N-methyl/N-ethyl adjacent to an activating group) is 1. The van der Waals surface area contributed by atoms with Gasteiger partial charge in [0.1, 0.15) is 0 Å². The second-order valence-corrected chi connectivity index (χ2v) is 10.7. The number of hydrogen-bond donors (Lipinski definition) is 0. The zero-order chi connectivity index (χ0) is 22.9. The molecule has 4 rings (SSSR count). The lowest BCUT2D eigenvalue weighted by atomic mass is 9.76. The third-order valence-electron chi connectivity index (χ3n) is 7.77. The van der Waals surface area contributed by atoms with Crippen molar-refractivity contribution in [1.82, 2.24) is 24.9 Å². The minimum absolute atomic E-state index is 0.0421. The summed E-state index contributed by atoms with van der Waals surface area (Å²) in [5.41, 5.74) is 0.0903. The third kappa shape index (κ3) is 4.85. The predicted molar refractivity (Wildman–Crippen MR) is 121 cm³/mol. The van der Waals surface area contributed by atoms with Gasteiger partial charge in [-0.2, -0.15) is 0 Å². The molecule has 178 valence electrons. The number of carbonyl (C=O) groups excluding carboxylic acids is 2. The summed E-state index contributed by atoms with van der Waals surface area (Å²) in [5, 5.41) is 8.59. The minimum Gasteiger partial charge on any atom is -0.423 e. The van der Waals surface area contributed by atoms with E-state index < -0.39 is 0 Å². The molecule has 1 aromatic heterocycles. The van der Waals surface area contributed by atoms with Crippen molar-refractivity contribution in [1.29, 1.82) is 0 Å². The molecule has 1 unspecified atom stereocenters. The molecule has 32 heavy (non-hydrogen) atoms. The van der Waals surface area contributed by atoms with Crippen LogP contribution in [0, 0.1) is 11.3 Å². The van der Waals surface area contributed by atoms with Crippen LogP contribution in [0.2, 0.25) is 0 Å². The molecule has 1 atom stereocenters. The second-order valence-electron chi connectivity index (χ2n) is 10.7. The highest BCUT2D eigenvalue weighted by molar-refractivity contribution is 5.79. The van der Waals surface area contributed by atoms with E-state index in [1.54, 1.807) is 19.0 Å². The molecule has 3 fully saturated rings. The van der Waals surface area contributed by atoms with Crippen LogP contribution in [0.3, 0.4) is 0 Å². The Bertz CT molecular complexity index is 806. The number of likely N-dealkylation sites (tertiary alicyclic amines) is 2. The molecule has 3 aliphatic rings. The summed E-state index contributed by atoms with van der Waals surface area (Å²) < 4.78 is 6.02. The van der Waals surface area contributed by atoms with Gasteiger partial charge in [0.2, 0.25) is 23.6 Å². The highest BCUT2D eigenvalue weighted by atomic mass is 16.4. The summed E-state index contributed by atoms with van der Waals surface area (Å²) in [7, 11) is 3.59. The lowest BCUT2D eigenvalue weighted by Gasteiger charge is -2.41. The van der Waals surface area contributed by atoms with Crippen molar-refractivity contribution in [3.8, 4) is 0 Å². The lowest BCUT2D eigenvalue weighted by molar-refractivity contribution is -0.138. The fourth-order valence-corrected chi connectivity index (χ4v) is 5.66. The van der Waals surface area contributed by atoms with E-state index in [1.807, 2.05) is 13.8 Å². The average Bonchev–Trinajstić information content (AvgIpc) is 3.40. The van der Waals surface area contributed by atoms with Crippen LogP contribution in [-0.2, 0) is 9.59 Å². The van der Waals surface area contributed by atoms with Gasteiger partial charge in [-0.3, -0.25) is 14.5 Å². The molecule has 1 spiro atoms. The number of aromatic nitrogens is 2. The van der Waals surface area contributed by atoms with Crippen LogP contribution in [0.5, 0.6) is 0 Å². The second kappa shape index (κ2) is 9.49. The van der Waals surface area contributed by atoms with Crippen molar-refractivity contribution in [2.75, 3.05) is 40.3 Å². The van der Waals surface area contributed by atoms with Crippen LogP contribution in [-0.4, -0.2) is 77.0 Å². The maximum absolute atomic E-state index is 13.0. The molecule has 0 aromatic carbocycles. The van der Waals surface area contributed by atoms with Crippen LogP contribution in [0.4, 0.5) is 0 Å². The number of carbonyl (C=O) groups is 2. The number of amides is 2. The molecule has 1 aromatic rings. The summed E-state index contributed by atoms with van der Waals surface area (Å²) in [6.45, 7) is 6.91. The van der Waals surface area contributed by atoms with Crippen molar-refractivity contribution in [3.05, 3.63) is 11.8 Å².